The lowest BCUT2D eigenvalue weighted by atomic mass is 10.1. The van der Waals surface area contributed by atoms with Crippen LogP contribution in [0.15, 0.2) is 18.2 Å². The number of nitrogens with one attached hydrogen (secondary N) is 1. The number of carboxylic acids is 1. The van der Waals surface area contributed by atoms with Crippen molar-refractivity contribution >= 4 is 11.9 Å². The molecule has 1 unspecified atom stereocenters. The number of hydrogen-bond donors (Lipinski definition) is 2. The Kier molecular flexibility index (Phi) is 7.94. The summed E-state index contributed by atoms with van der Waals surface area (Å²) in [6.45, 7) is 4.52. The predicted octanol–water partition coefficient (Wildman–Crippen LogP) is 2.86. The maximum atomic E-state index is 12.2. The molecule has 1 aromatic rings. The summed E-state index contributed by atoms with van der Waals surface area (Å²) in [5.41, 5.74) is 0.340. The van der Waals surface area contributed by atoms with E-state index in [1.165, 1.54) is 7.11 Å². The molecule has 0 bridgehead atoms. The van der Waals surface area contributed by atoms with E-state index < -0.39 is 17.9 Å². The van der Waals surface area contributed by atoms with Crippen LogP contribution >= 0.6 is 0 Å². The number of rotatable bonds is 10. The number of benzene rings is 1. The van der Waals surface area contributed by atoms with Gasteiger partial charge in [-0.2, -0.15) is 0 Å². The lowest BCUT2D eigenvalue weighted by Crippen LogP contribution is -2.40. The van der Waals surface area contributed by atoms with Crippen molar-refractivity contribution in [2.75, 3.05) is 13.7 Å². The molecular formula is C17H25NO5. The highest BCUT2D eigenvalue weighted by molar-refractivity contribution is 5.97. The first-order valence-electron chi connectivity index (χ1n) is 7.87. The van der Waals surface area contributed by atoms with Gasteiger partial charge in [-0.1, -0.05) is 26.7 Å². The molecule has 0 fully saturated rings. The Balaban J connectivity index is 2.83. The van der Waals surface area contributed by atoms with Gasteiger partial charge in [0.15, 0.2) is 11.5 Å². The summed E-state index contributed by atoms with van der Waals surface area (Å²) in [4.78, 5) is 23.3. The number of aliphatic carboxylic acids is 1. The summed E-state index contributed by atoms with van der Waals surface area (Å²) in [5, 5.41) is 11.6. The summed E-state index contributed by atoms with van der Waals surface area (Å²) < 4.78 is 10.9. The van der Waals surface area contributed by atoms with Gasteiger partial charge in [0.2, 0.25) is 0 Å². The highest BCUT2D eigenvalue weighted by Gasteiger charge is 2.20. The predicted molar refractivity (Wildman–Crippen MR) is 87.2 cm³/mol. The summed E-state index contributed by atoms with van der Waals surface area (Å²) in [6.07, 6.45) is 3.01. The maximum Gasteiger partial charge on any atom is 0.326 e. The van der Waals surface area contributed by atoms with Crippen LogP contribution in [0.1, 0.15) is 49.9 Å². The third kappa shape index (κ3) is 5.81. The van der Waals surface area contributed by atoms with Crippen molar-refractivity contribution < 1.29 is 24.2 Å². The largest absolute Gasteiger partial charge is 0.493 e. The molecule has 6 heteroatoms. The third-order valence-electron chi connectivity index (χ3n) is 3.36. The highest BCUT2D eigenvalue weighted by Crippen LogP contribution is 2.28. The van der Waals surface area contributed by atoms with Crippen molar-refractivity contribution in [2.24, 2.45) is 0 Å². The summed E-state index contributed by atoms with van der Waals surface area (Å²) >= 11 is 0. The quantitative estimate of drug-likeness (QED) is 0.647. The van der Waals surface area contributed by atoms with Gasteiger partial charge in [0.25, 0.3) is 5.91 Å². The zero-order valence-electron chi connectivity index (χ0n) is 13.9. The van der Waals surface area contributed by atoms with Crippen LogP contribution in [0.3, 0.4) is 0 Å². The van der Waals surface area contributed by atoms with Crippen molar-refractivity contribution in [1.82, 2.24) is 5.32 Å². The van der Waals surface area contributed by atoms with Gasteiger partial charge >= 0.3 is 5.97 Å². The monoisotopic (exact) mass is 323 g/mol. The molecule has 0 aromatic heterocycles. The average molecular weight is 323 g/mol. The van der Waals surface area contributed by atoms with Crippen LogP contribution in [0.5, 0.6) is 11.5 Å². The van der Waals surface area contributed by atoms with E-state index in [-0.39, 0.29) is 0 Å². The van der Waals surface area contributed by atoms with Crippen LogP contribution in [0, 0.1) is 0 Å². The number of ether oxygens (including phenoxy) is 2. The number of amides is 1. The molecule has 0 radical (unpaired) electrons. The number of hydrogen-bond acceptors (Lipinski definition) is 4. The summed E-state index contributed by atoms with van der Waals surface area (Å²) in [5.74, 6) is -0.451. The van der Waals surface area contributed by atoms with Crippen molar-refractivity contribution in [1.29, 1.82) is 0 Å². The normalized spacial score (nSPS) is 11.6. The molecule has 1 aromatic carbocycles. The minimum absolute atomic E-state index is 0.340. The Labute approximate surface area is 136 Å². The molecule has 2 N–H and O–H groups in total. The number of unbranched alkanes of at least 4 members (excludes halogenated alkanes) is 1. The average Bonchev–Trinajstić information content (AvgIpc) is 2.54. The second kappa shape index (κ2) is 9.71. The zero-order chi connectivity index (χ0) is 17.2. The zero-order valence-corrected chi connectivity index (χ0v) is 13.9. The van der Waals surface area contributed by atoms with E-state index in [1.54, 1.807) is 18.2 Å². The van der Waals surface area contributed by atoms with Gasteiger partial charge in [0.05, 0.1) is 13.7 Å². The topological polar surface area (TPSA) is 84.9 Å². The number of carbonyl (C=O) groups is 2. The lowest BCUT2D eigenvalue weighted by molar-refractivity contribution is -0.139. The van der Waals surface area contributed by atoms with Crippen molar-refractivity contribution in [3.63, 3.8) is 0 Å². The van der Waals surface area contributed by atoms with E-state index in [9.17, 15) is 9.59 Å². The van der Waals surface area contributed by atoms with Crippen molar-refractivity contribution in [3.8, 4) is 11.5 Å². The van der Waals surface area contributed by atoms with Crippen LogP contribution in [-0.4, -0.2) is 36.7 Å². The maximum absolute atomic E-state index is 12.2. The second-order valence-electron chi connectivity index (χ2n) is 5.22. The van der Waals surface area contributed by atoms with Crippen LogP contribution in [0.2, 0.25) is 0 Å². The number of methoxy groups -OCH3 is 1. The van der Waals surface area contributed by atoms with Crippen LogP contribution in [0.25, 0.3) is 0 Å². The van der Waals surface area contributed by atoms with E-state index in [4.69, 9.17) is 14.6 Å². The summed E-state index contributed by atoms with van der Waals surface area (Å²) in [7, 11) is 1.50. The van der Waals surface area contributed by atoms with Gasteiger partial charge in [-0.25, -0.2) is 4.79 Å². The van der Waals surface area contributed by atoms with Gasteiger partial charge in [0.1, 0.15) is 6.04 Å². The molecule has 0 saturated heterocycles. The van der Waals surface area contributed by atoms with E-state index in [2.05, 4.69) is 12.2 Å². The SMILES string of the molecule is CCCCOc1ccc(C(=O)NC(CCC)C(=O)O)cc1OC. The molecule has 1 amide bonds. The molecule has 128 valence electrons. The highest BCUT2D eigenvalue weighted by atomic mass is 16.5. The standard InChI is InChI=1S/C17H25NO5/c1-4-6-10-23-14-9-8-12(11-15(14)22-3)16(19)18-13(7-5-2)17(20)21/h8-9,11,13H,4-7,10H2,1-3H3,(H,18,19)(H,20,21). The number of carbonyl (C=O) groups excluding carboxylic acids is 1. The van der Waals surface area contributed by atoms with E-state index in [0.717, 1.165) is 12.8 Å². The fourth-order valence-corrected chi connectivity index (χ4v) is 2.04. The van der Waals surface area contributed by atoms with E-state index in [0.29, 0.717) is 36.5 Å². The van der Waals surface area contributed by atoms with Crippen LogP contribution < -0.4 is 14.8 Å². The van der Waals surface area contributed by atoms with E-state index in [1.807, 2.05) is 6.92 Å². The third-order valence-corrected chi connectivity index (χ3v) is 3.36. The second-order valence-corrected chi connectivity index (χ2v) is 5.22. The van der Waals surface area contributed by atoms with Gasteiger partial charge < -0.3 is 19.9 Å². The van der Waals surface area contributed by atoms with Crippen LogP contribution in [0.4, 0.5) is 0 Å². The Bertz CT molecular complexity index is 530. The minimum atomic E-state index is -1.04. The molecule has 0 aliphatic carbocycles. The van der Waals surface area contributed by atoms with Gasteiger partial charge in [-0.15, -0.1) is 0 Å². The van der Waals surface area contributed by atoms with Gasteiger partial charge in [-0.3, -0.25) is 4.79 Å². The fourth-order valence-electron chi connectivity index (χ4n) is 2.04. The molecule has 23 heavy (non-hydrogen) atoms. The Morgan fingerprint density at radius 2 is 1.96 bits per heavy atom. The smallest absolute Gasteiger partial charge is 0.326 e. The van der Waals surface area contributed by atoms with Crippen molar-refractivity contribution in [2.45, 2.75) is 45.6 Å². The number of carboxylic acid groups (broad SMARTS) is 1. The molecule has 0 saturated carbocycles. The molecule has 0 aliphatic heterocycles. The minimum Gasteiger partial charge on any atom is -0.493 e. The first-order valence-corrected chi connectivity index (χ1v) is 7.87. The molecule has 6 nitrogen and oxygen atoms in total. The molecule has 0 heterocycles. The van der Waals surface area contributed by atoms with Crippen molar-refractivity contribution in [3.05, 3.63) is 23.8 Å². The van der Waals surface area contributed by atoms with Gasteiger partial charge in [-0.05, 0) is 31.0 Å². The molecule has 1 rings (SSSR count). The van der Waals surface area contributed by atoms with Crippen LogP contribution in [-0.2, 0) is 4.79 Å². The Morgan fingerprint density at radius 3 is 2.52 bits per heavy atom. The fraction of sp³-hybridized carbons (Fsp3) is 0.529. The first kappa shape index (κ1) is 18.8. The molecular weight excluding hydrogens is 298 g/mol. The molecule has 0 aliphatic rings. The van der Waals surface area contributed by atoms with E-state index >= 15 is 0 Å². The molecule has 1 atom stereocenters. The summed E-state index contributed by atoms with van der Waals surface area (Å²) in [6, 6.07) is 3.93. The Morgan fingerprint density at radius 1 is 1.22 bits per heavy atom. The first-order chi connectivity index (χ1) is 11.0. The Hall–Kier alpha value is -2.24. The van der Waals surface area contributed by atoms with Gasteiger partial charge in [0, 0.05) is 5.56 Å². The lowest BCUT2D eigenvalue weighted by Gasteiger charge is -2.15. The molecule has 0 spiro atoms.